The van der Waals surface area contributed by atoms with Crippen LogP contribution < -0.4 is 0 Å². The molecule has 1 aromatic rings. The molecule has 0 aliphatic heterocycles. The maximum atomic E-state index is 11.8. The van der Waals surface area contributed by atoms with Gasteiger partial charge in [0.05, 0.1) is 19.3 Å². The number of hydrogen-bond donors (Lipinski definition) is 0. The normalized spacial score (nSPS) is 9.89. The summed E-state index contributed by atoms with van der Waals surface area (Å²) in [7, 11) is 3.03. The standard InChI is InChI=1S/C13H17NO3S/c1-14(9-8-13(16)17-2)12(15)10-18-11-6-4-3-5-7-11/h3-7H,8-10H2,1-2H3. The molecule has 0 aliphatic carbocycles. The predicted octanol–water partition coefficient (Wildman–Crippen LogP) is 1.80. The van der Waals surface area contributed by atoms with Gasteiger partial charge in [-0.05, 0) is 12.1 Å². The first-order chi connectivity index (χ1) is 8.63. The van der Waals surface area contributed by atoms with E-state index in [9.17, 15) is 9.59 Å². The Morgan fingerprint density at radius 3 is 2.56 bits per heavy atom. The lowest BCUT2D eigenvalue weighted by molar-refractivity contribution is -0.141. The molecule has 1 aromatic carbocycles. The van der Waals surface area contributed by atoms with Crippen LogP contribution in [-0.2, 0) is 14.3 Å². The molecule has 4 nitrogen and oxygen atoms in total. The van der Waals surface area contributed by atoms with E-state index in [1.165, 1.54) is 18.9 Å². The summed E-state index contributed by atoms with van der Waals surface area (Å²) in [6.07, 6.45) is 0.231. The number of esters is 1. The van der Waals surface area contributed by atoms with Gasteiger partial charge in [0, 0.05) is 18.5 Å². The number of nitrogens with zero attached hydrogens (tertiary/aromatic N) is 1. The average Bonchev–Trinajstić information content (AvgIpc) is 2.42. The van der Waals surface area contributed by atoms with Crippen LogP contribution in [0.3, 0.4) is 0 Å². The number of carbonyl (C=O) groups is 2. The fourth-order valence-electron chi connectivity index (χ4n) is 1.26. The van der Waals surface area contributed by atoms with Gasteiger partial charge < -0.3 is 9.64 Å². The molecular formula is C13H17NO3S. The Labute approximate surface area is 111 Å². The van der Waals surface area contributed by atoms with E-state index in [-0.39, 0.29) is 18.3 Å². The van der Waals surface area contributed by atoms with E-state index in [4.69, 9.17) is 0 Å². The molecule has 0 aromatic heterocycles. The molecule has 0 heterocycles. The average molecular weight is 267 g/mol. The molecule has 98 valence electrons. The third-order valence-electron chi connectivity index (χ3n) is 2.41. The van der Waals surface area contributed by atoms with Crippen molar-refractivity contribution < 1.29 is 14.3 Å². The maximum absolute atomic E-state index is 11.8. The molecule has 5 heteroatoms. The second-order valence-corrected chi connectivity index (χ2v) is 4.79. The molecule has 0 bridgehead atoms. The maximum Gasteiger partial charge on any atom is 0.307 e. The Bertz CT molecular complexity index is 394. The Morgan fingerprint density at radius 2 is 1.94 bits per heavy atom. The summed E-state index contributed by atoms with van der Waals surface area (Å²) in [6.45, 7) is 0.390. The van der Waals surface area contributed by atoms with E-state index in [0.717, 1.165) is 4.90 Å². The van der Waals surface area contributed by atoms with Gasteiger partial charge >= 0.3 is 5.97 Å². The molecule has 0 atom stereocenters. The highest BCUT2D eigenvalue weighted by Gasteiger charge is 2.11. The molecule has 0 aliphatic rings. The van der Waals surface area contributed by atoms with Crippen LogP contribution in [0, 0.1) is 0 Å². The lowest BCUT2D eigenvalue weighted by Gasteiger charge is -2.16. The molecular weight excluding hydrogens is 250 g/mol. The monoisotopic (exact) mass is 267 g/mol. The van der Waals surface area contributed by atoms with Crippen molar-refractivity contribution in [2.24, 2.45) is 0 Å². The van der Waals surface area contributed by atoms with Crippen LogP contribution >= 0.6 is 11.8 Å². The summed E-state index contributed by atoms with van der Waals surface area (Å²) in [5, 5.41) is 0. The molecule has 0 unspecified atom stereocenters. The zero-order valence-corrected chi connectivity index (χ0v) is 11.4. The van der Waals surface area contributed by atoms with E-state index < -0.39 is 0 Å². The predicted molar refractivity (Wildman–Crippen MR) is 71.4 cm³/mol. The number of hydrogen-bond acceptors (Lipinski definition) is 4. The number of amides is 1. The first kappa shape index (κ1) is 14.6. The van der Waals surface area contributed by atoms with Crippen LogP contribution in [0.1, 0.15) is 6.42 Å². The Morgan fingerprint density at radius 1 is 1.28 bits per heavy atom. The van der Waals surface area contributed by atoms with Crippen LogP contribution in [0.2, 0.25) is 0 Å². The van der Waals surface area contributed by atoms with E-state index in [0.29, 0.717) is 12.3 Å². The summed E-state index contributed by atoms with van der Waals surface area (Å²) in [4.78, 5) is 25.3. The fourth-order valence-corrected chi connectivity index (χ4v) is 2.12. The van der Waals surface area contributed by atoms with Crippen LogP contribution in [-0.4, -0.2) is 43.2 Å². The van der Waals surface area contributed by atoms with E-state index in [2.05, 4.69) is 4.74 Å². The van der Waals surface area contributed by atoms with Gasteiger partial charge in [-0.25, -0.2) is 0 Å². The van der Waals surface area contributed by atoms with Gasteiger partial charge in [0.15, 0.2) is 0 Å². The highest BCUT2D eigenvalue weighted by molar-refractivity contribution is 8.00. The second kappa shape index (κ2) is 7.76. The number of thioether (sulfide) groups is 1. The van der Waals surface area contributed by atoms with Crippen LogP contribution in [0.5, 0.6) is 0 Å². The van der Waals surface area contributed by atoms with Crippen molar-refractivity contribution in [1.29, 1.82) is 0 Å². The first-order valence-electron chi connectivity index (χ1n) is 5.62. The Balaban J connectivity index is 2.30. The number of methoxy groups -OCH3 is 1. The van der Waals surface area contributed by atoms with Gasteiger partial charge in [0.2, 0.25) is 5.91 Å². The van der Waals surface area contributed by atoms with Gasteiger partial charge in [-0.1, -0.05) is 18.2 Å². The SMILES string of the molecule is COC(=O)CCN(C)C(=O)CSc1ccccc1. The summed E-state index contributed by atoms with van der Waals surface area (Å²) >= 11 is 1.49. The molecule has 0 N–H and O–H groups in total. The summed E-state index contributed by atoms with van der Waals surface area (Å²) in [5.74, 6) is 0.0833. The van der Waals surface area contributed by atoms with Crippen LogP contribution in [0.4, 0.5) is 0 Å². The van der Waals surface area contributed by atoms with Crippen molar-refractivity contribution in [2.75, 3.05) is 26.5 Å². The molecule has 1 rings (SSSR count). The fraction of sp³-hybridized carbons (Fsp3) is 0.385. The van der Waals surface area contributed by atoms with Crippen molar-refractivity contribution in [1.82, 2.24) is 4.90 Å². The first-order valence-corrected chi connectivity index (χ1v) is 6.60. The summed E-state index contributed by atoms with van der Waals surface area (Å²) < 4.78 is 4.53. The third kappa shape index (κ3) is 5.23. The van der Waals surface area contributed by atoms with Crippen molar-refractivity contribution in [2.45, 2.75) is 11.3 Å². The zero-order valence-electron chi connectivity index (χ0n) is 10.6. The van der Waals surface area contributed by atoms with E-state index in [1.54, 1.807) is 11.9 Å². The summed E-state index contributed by atoms with van der Waals surface area (Å²) in [5.41, 5.74) is 0. The molecule has 1 amide bonds. The van der Waals surface area contributed by atoms with Crippen LogP contribution in [0.25, 0.3) is 0 Å². The van der Waals surface area contributed by atoms with E-state index >= 15 is 0 Å². The number of ether oxygens (including phenoxy) is 1. The number of carbonyl (C=O) groups excluding carboxylic acids is 2. The molecule has 0 fully saturated rings. The largest absolute Gasteiger partial charge is 0.469 e. The van der Waals surface area contributed by atoms with E-state index in [1.807, 2.05) is 30.3 Å². The lowest BCUT2D eigenvalue weighted by Crippen LogP contribution is -2.30. The van der Waals surface area contributed by atoms with Crippen LogP contribution in [0.15, 0.2) is 35.2 Å². The zero-order chi connectivity index (χ0) is 13.4. The topological polar surface area (TPSA) is 46.6 Å². The minimum atomic E-state index is -0.301. The minimum absolute atomic E-state index is 0.00718. The minimum Gasteiger partial charge on any atom is -0.469 e. The van der Waals surface area contributed by atoms with Gasteiger partial charge in [-0.2, -0.15) is 0 Å². The number of rotatable bonds is 6. The van der Waals surface area contributed by atoms with Crippen molar-refractivity contribution in [3.05, 3.63) is 30.3 Å². The quantitative estimate of drug-likeness (QED) is 0.582. The third-order valence-corrected chi connectivity index (χ3v) is 3.41. The highest BCUT2D eigenvalue weighted by Crippen LogP contribution is 2.17. The van der Waals surface area contributed by atoms with Gasteiger partial charge in [0.25, 0.3) is 0 Å². The van der Waals surface area contributed by atoms with Gasteiger partial charge in [-0.3, -0.25) is 9.59 Å². The van der Waals surface area contributed by atoms with Gasteiger partial charge in [-0.15, -0.1) is 11.8 Å². The smallest absolute Gasteiger partial charge is 0.307 e. The second-order valence-electron chi connectivity index (χ2n) is 3.74. The molecule has 0 saturated carbocycles. The molecule has 0 radical (unpaired) electrons. The molecule has 0 spiro atoms. The van der Waals surface area contributed by atoms with Crippen molar-refractivity contribution in [3.63, 3.8) is 0 Å². The Kier molecular flexibility index (Phi) is 6.28. The molecule has 18 heavy (non-hydrogen) atoms. The van der Waals surface area contributed by atoms with Crippen molar-refractivity contribution in [3.8, 4) is 0 Å². The Hall–Kier alpha value is -1.49. The van der Waals surface area contributed by atoms with Crippen molar-refractivity contribution >= 4 is 23.6 Å². The molecule has 0 saturated heterocycles. The summed E-state index contributed by atoms with van der Waals surface area (Å²) in [6, 6.07) is 9.74. The lowest BCUT2D eigenvalue weighted by atomic mass is 10.4. The number of benzene rings is 1. The highest BCUT2D eigenvalue weighted by atomic mass is 32.2. The van der Waals surface area contributed by atoms with Gasteiger partial charge in [0.1, 0.15) is 0 Å².